The van der Waals surface area contributed by atoms with E-state index in [4.69, 9.17) is 0 Å². The summed E-state index contributed by atoms with van der Waals surface area (Å²) in [6, 6.07) is 10.1. The van der Waals surface area contributed by atoms with Crippen molar-refractivity contribution in [2.24, 2.45) is 0 Å². The monoisotopic (exact) mass is 264 g/mol. The molecule has 0 aliphatic heterocycles. The summed E-state index contributed by atoms with van der Waals surface area (Å²) in [5.74, 6) is 0. The maximum atomic E-state index is 12.7. The van der Waals surface area contributed by atoms with E-state index < -0.39 is 11.7 Å². The van der Waals surface area contributed by atoms with Crippen molar-refractivity contribution in [2.75, 3.05) is 0 Å². The molecule has 1 aromatic heterocycles. The lowest BCUT2D eigenvalue weighted by molar-refractivity contribution is -0.137. The van der Waals surface area contributed by atoms with E-state index >= 15 is 0 Å². The van der Waals surface area contributed by atoms with Gasteiger partial charge in [-0.15, -0.1) is 0 Å². The zero-order valence-corrected chi connectivity index (χ0v) is 9.48. The average molecular weight is 264 g/mol. The number of aromatic nitrogens is 2. The Morgan fingerprint density at radius 2 is 1.74 bits per heavy atom. The van der Waals surface area contributed by atoms with Crippen LogP contribution < -0.4 is 0 Å². The molecule has 0 aliphatic carbocycles. The van der Waals surface area contributed by atoms with Crippen molar-refractivity contribution in [1.82, 2.24) is 10.3 Å². The predicted molar refractivity (Wildman–Crippen MR) is 62.2 cm³/mol. The van der Waals surface area contributed by atoms with Gasteiger partial charge in [-0.3, -0.25) is 0 Å². The van der Waals surface area contributed by atoms with Crippen LogP contribution in [0.3, 0.4) is 0 Å². The SMILES string of the molecule is FC(F)(F)c1cccc(-c2cccc3nonc23)c1. The fourth-order valence-electron chi connectivity index (χ4n) is 1.90. The molecule has 0 amide bonds. The van der Waals surface area contributed by atoms with Gasteiger partial charge in [-0.2, -0.15) is 13.2 Å². The van der Waals surface area contributed by atoms with Crippen molar-refractivity contribution in [2.45, 2.75) is 6.18 Å². The third-order valence-electron chi connectivity index (χ3n) is 2.79. The molecule has 0 saturated carbocycles. The number of hydrogen-bond donors (Lipinski definition) is 0. The van der Waals surface area contributed by atoms with Gasteiger partial charge in [-0.05, 0) is 34.1 Å². The Balaban J connectivity index is 2.19. The van der Waals surface area contributed by atoms with Crippen molar-refractivity contribution >= 4 is 11.0 Å². The predicted octanol–water partition coefficient (Wildman–Crippen LogP) is 3.91. The quantitative estimate of drug-likeness (QED) is 0.669. The smallest absolute Gasteiger partial charge is 0.243 e. The van der Waals surface area contributed by atoms with E-state index in [0.29, 0.717) is 22.2 Å². The molecule has 3 aromatic rings. The summed E-state index contributed by atoms with van der Waals surface area (Å²) in [7, 11) is 0. The minimum absolute atomic E-state index is 0.427. The summed E-state index contributed by atoms with van der Waals surface area (Å²) in [6.45, 7) is 0. The third-order valence-corrected chi connectivity index (χ3v) is 2.79. The van der Waals surface area contributed by atoms with Gasteiger partial charge in [0.1, 0.15) is 11.0 Å². The Hall–Kier alpha value is -2.37. The van der Waals surface area contributed by atoms with E-state index in [-0.39, 0.29) is 0 Å². The summed E-state index contributed by atoms with van der Waals surface area (Å²) < 4.78 is 42.7. The van der Waals surface area contributed by atoms with Crippen molar-refractivity contribution in [3.05, 3.63) is 48.0 Å². The Morgan fingerprint density at radius 1 is 0.947 bits per heavy atom. The second kappa shape index (κ2) is 4.08. The van der Waals surface area contributed by atoms with Gasteiger partial charge in [0, 0.05) is 5.56 Å². The van der Waals surface area contributed by atoms with Crippen LogP contribution >= 0.6 is 0 Å². The van der Waals surface area contributed by atoms with E-state index in [0.717, 1.165) is 12.1 Å². The number of benzene rings is 2. The van der Waals surface area contributed by atoms with Crippen LogP contribution in [0.5, 0.6) is 0 Å². The van der Waals surface area contributed by atoms with Gasteiger partial charge in [-0.1, -0.05) is 24.3 Å². The first-order valence-electron chi connectivity index (χ1n) is 5.44. The van der Waals surface area contributed by atoms with Gasteiger partial charge in [0.15, 0.2) is 0 Å². The van der Waals surface area contributed by atoms with Gasteiger partial charge in [0.05, 0.1) is 5.56 Å². The molecular formula is C13H7F3N2O. The summed E-state index contributed by atoms with van der Waals surface area (Å²) in [5, 5.41) is 7.39. The Labute approximate surface area is 105 Å². The molecule has 3 nitrogen and oxygen atoms in total. The van der Waals surface area contributed by atoms with Crippen LogP contribution in [0.4, 0.5) is 13.2 Å². The van der Waals surface area contributed by atoms with Crippen LogP contribution in [0.1, 0.15) is 5.56 Å². The topological polar surface area (TPSA) is 38.9 Å². The highest BCUT2D eigenvalue weighted by Gasteiger charge is 2.30. The maximum Gasteiger partial charge on any atom is 0.416 e. The molecule has 96 valence electrons. The van der Waals surface area contributed by atoms with E-state index in [1.54, 1.807) is 24.3 Å². The van der Waals surface area contributed by atoms with Crippen LogP contribution in [0.2, 0.25) is 0 Å². The molecule has 19 heavy (non-hydrogen) atoms. The highest BCUT2D eigenvalue weighted by molar-refractivity contribution is 5.90. The number of hydrogen-bond acceptors (Lipinski definition) is 3. The minimum atomic E-state index is -4.37. The average Bonchev–Trinajstić information content (AvgIpc) is 2.86. The number of rotatable bonds is 1. The second-order valence-electron chi connectivity index (χ2n) is 4.02. The van der Waals surface area contributed by atoms with Crippen molar-refractivity contribution in [1.29, 1.82) is 0 Å². The fourth-order valence-corrected chi connectivity index (χ4v) is 1.90. The zero-order valence-electron chi connectivity index (χ0n) is 9.48. The molecule has 0 fully saturated rings. The molecular weight excluding hydrogens is 257 g/mol. The van der Waals surface area contributed by atoms with Gasteiger partial charge in [-0.25, -0.2) is 4.63 Å². The molecule has 2 aromatic carbocycles. The summed E-state index contributed by atoms with van der Waals surface area (Å²) in [4.78, 5) is 0. The number of nitrogens with zero attached hydrogens (tertiary/aromatic N) is 2. The molecule has 1 heterocycles. The van der Waals surface area contributed by atoms with E-state index in [2.05, 4.69) is 14.9 Å². The van der Waals surface area contributed by atoms with Crippen LogP contribution in [-0.4, -0.2) is 10.3 Å². The lowest BCUT2D eigenvalue weighted by atomic mass is 10.0. The van der Waals surface area contributed by atoms with E-state index in [1.807, 2.05) is 0 Å². The molecule has 3 rings (SSSR count). The first kappa shape index (κ1) is 11.7. The van der Waals surface area contributed by atoms with Gasteiger partial charge >= 0.3 is 6.18 Å². The highest BCUT2D eigenvalue weighted by atomic mass is 19.4. The zero-order chi connectivity index (χ0) is 13.5. The molecule has 0 saturated heterocycles. The van der Waals surface area contributed by atoms with Crippen LogP contribution in [0, 0.1) is 0 Å². The summed E-state index contributed by atoms with van der Waals surface area (Å²) >= 11 is 0. The van der Waals surface area contributed by atoms with Crippen LogP contribution in [0.25, 0.3) is 22.2 Å². The lowest BCUT2D eigenvalue weighted by Crippen LogP contribution is -2.04. The Bertz CT molecular complexity index is 734. The molecule has 6 heteroatoms. The summed E-state index contributed by atoms with van der Waals surface area (Å²) in [5.41, 5.74) is 1.25. The fraction of sp³-hybridized carbons (Fsp3) is 0.0769. The molecule has 0 N–H and O–H groups in total. The molecule has 0 unspecified atom stereocenters. The van der Waals surface area contributed by atoms with Crippen molar-refractivity contribution < 1.29 is 17.8 Å². The Kier molecular flexibility index (Phi) is 2.51. The van der Waals surface area contributed by atoms with Crippen molar-refractivity contribution in [3.8, 4) is 11.1 Å². The second-order valence-corrected chi connectivity index (χ2v) is 4.02. The lowest BCUT2D eigenvalue weighted by Gasteiger charge is -2.08. The van der Waals surface area contributed by atoms with E-state index in [1.165, 1.54) is 6.07 Å². The first-order chi connectivity index (χ1) is 9.05. The summed E-state index contributed by atoms with van der Waals surface area (Å²) in [6.07, 6.45) is -4.37. The molecule has 0 aliphatic rings. The molecule has 0 spiro atoms. The normalized spacial score (nSPS) is 11.9. The standard InChI is InChI=1S/C13H7F3N2O/c14-13(15,16)9-4-1-3-8(7-9)10-5-2-6-11-12(10)18-19-17-11/h1-7H. The Morgan fingerprint density at radius 3 is 2.53 bits per heavy atom. The maximum absolute atomic E-state index is 12.7. The number of halogens is 3. The minimum Gasteiger partial charge on any atom is -0.243 e. The van der Waals surface area contributed by atoms with Gasteiger partial charge in [0.25, 0.3) is 0 Å². The van der Waals surface area contributed by atoms with Crippen molar-refractivity contribution in [3.63, 3.8) is 0 Å². The molecule has 0 atom stereocenters. The molecule has 0 radical (unpaired) electrons. The first-order valence-corrected chi connectivity index (χ1v) is 5.44. The highest BCUT2D eigenvalue weighted by Crippen LogP contribution is 2.33. The number of fused-ring (bicyclic) bond motifs is 1. The van der Waals surface area contributed by atoms with Crippen LogP contribution in [-0.2, 0) is 6.18 Å². The van der Waals surface area contributed by atoms with Gasteiger partial charge < -0.3 is 0 Å². The largest absolute Gasteiger partial charge is 0.416 e. The molecule has 0 bridgehead atoms. The van der Waals surface area contributed by atoms with Crippen LogP contribution in [0.15, 0.2) is 47.1 Å². The van der Waals surface area contributed by atoms with E-state index in [9.17, 15) is 13.2 Å². The third kappa shape index (κ3) is 2.05. The van der Waals surface area contributed by atoms with Gasteiger partial charge in [0.2, 0.25) is 0 Å². The number of alkyl halides is 3.